The minimum Gasteiger partial charge on any atom is -0.390 e. The van der Waals surface area contributed by atoms with Gasteiger partial charge in [0.15, 0.2) is 6.10 Å². The molecule has 1 unspecified atom stereocenters. The molecule has 0 radical (unpaired) electrons. The Morgan fingerprint density at radius 2 is 2.14 bits per heavy atom. The van der Waals surface area contributed by atoms with Crippen LogP contribution in [0.15, 0.2) is 29.4 Å². The Morgan fingerprint density at radius 3 is 2.71 bits per heavy atom. The maximum atomic E-state index is 12.6. The highest BCUT2D eigenvalue weighted by Crippen LogP contribution is 2.26. The summed E-state index contributed by atoms with van der Waals surface area (Å²) < 4.78 is 12.6. The number of halogens is 1. The standard InChI is InChI=1S/C10H10FNO2/c11-8-3-1-7(2-4-8)10-5-9(6-13)12-14-10/h1-4,10,13H,5-6H2. The van der Waals surface area contributed by atoms with Crippen LogP contribution in [-0.2, 0) is 4.84 Å². The summed E-state index contributed by atoms with van der Waals surface area (Å²) in [6.07, 6.45) is 0.389. The van der Waals surface area contributed by atoms with Gasteiger partial charge in [0.05, 0.1) is 12.3 Å². The smallest absolute Gasteiger partial charge is 0.158 e. The molecule has 1 aromatic carbocycles. The minimum atomic E-state index is -0.268. The van der Waals surface area contributed by atoms with E-state index in [9.17, 15) is 4.39 Å². The van der Waals surface area contributed by atoms with E-state index in [1.54, 1.807) is 12.1 Å². The summed E-state index contributed by atoms with van der Waals surface area (Å²) in [5, 5.41) is 12.5. The molecular weight excluding hydrogens is 185 g/mol. The lowest BCUT2D eigenvalue weighted by Crippen LogP contribution is -2.03. The zero-order valence-corrected chi connectivity index (χ0v) is 7.48. The predicted molar refractivity (Wildman–Crippen MR) is 49.4 cm³/mol. The Labute approximate surface area is 80.8 Å². The number of aliphatic hydroxyl groups excluding tert-OH is 1. The third-order valence-corrected chi connectivity index (χ3v) is 2.15. The quantitative estimate of drug-likeness (QED) is 0.779. The molecular formula is C10H10FNO2. The molecule has 0 spiro atoms. The number of hydrogen-bond acceptors (Lipinski definition) is 3. The molecule has 1 aliphatic rings. The van der Waals surface area contributed by atoms with Gasteiger partial charge in [0.1, 0.15) is 5.82 Å². The maximum absolute atomic E-state index is 12.6. The van der Waals surface area contributed by atoms with E-state index in [-0.39, 0.29) is 18.5 Å². The topological polar surface area (TPSA) is 41.8 Å². The van der Waals surface area contributed by atoms with Gasteiger partial charge in [-0.15, -0.1) is 0 Å². The first-order valence-corrected chi connectivity index (χ1v) is 4.37. The molecule has 1 N–H and O–H groups in total. The van der Waals surface area contributed by atoms with Crippen molar-refractivity contribution < 1.29 is 14.3 Å². The highest BCUT2D eigenvalue weighted by atomic mass is 19.1. The van der Waals surface area contributed by atoms with Gasteiger partial charge in [-0.05, 0) is 17.7 Å². The first kappa shape index (κ1) is 9.15. The zero-order chi connectivity index (χ0) is 9.97. The third-order valence-electron chi connectivity index (χ3n) is 2.15. The van der Waals surface area contributed by atoms with E-state index >= 15 is 0 Å². The maximum Gasteiger partial charge on any atom is 0.158 e. The van der Waals surface area contributed by atoms with Gasteiger partial charge in [-0.1, -0.05) is 17.3 Å². The van der Waals surface area contributed by atoms with Gasteiger partial charge in [-0.3, -0.25) is 0 Å². The predicted octanol–water partition coefficient (Wildman–Crippen LogP) is 1.64. The van der Waals surface area contributed by atoms with Crippen LogP contribution in [0, 0.1) is 5.82 Å². The van der Waals surface area contributed by atoms with E-state index < -0.39 is 0 Å². The van der Waals surface area contributed by atoms with E-state index in [0.717, 1.165) is 5.56 Å². The molecule has 0 bridgehead atoms. The number of benzene rings is 1. The lowest BCUT2D eigenvalue weighted by atomic mass is 10.1. The van der Waals surface area contributed by atoms with Gasteiger partial charge in [0.25, 0.3) is 0 Å². The molecule has 0 aromatic heterocycles. The Hall–Kier alpha value is -1.42. The van der Waals surface area contributed by atoms with E-state index in [1.165, 1.54) is 12.1 Å². The molecule has 74 valence electrons. The van der Waals surface area contributed by atoms with E-state index in [1.807, 2.05) is 0 Å². The van der Waals surface area contributed by atoms with Crippen LogP contribution in [0.25, 0.3) is 0 Å². The van der Waals surface area contributed by atoms with Gasteiger partial charge in [-0.25, -0.2) is 4.39 Å². The second-order valence-electron chi connectivity index (χ2n) is 3.17. The van der Waals surface area contributed by atoms with Gasteiger partial charge >= 0.3 is 0 Å². The van der Waals surface area contributed by atoms with Crippen molar-refractivity contribution in [3.8, 4) is 0 Å². The number of hydrogen-bond donors (Lipinski definition) is 1. The lowest BCUT2D eigenvalue weighted by Gasteiger charge is -2.07. The Bertz CT molecular complexity index is 348. The lowest BCUT2D eigenvalue weighted by molar-refractivity contribution is 0.0856. The van der Waals surface area contributed by atoms with Crippen molar-refractivity contribution >= 4 is 5.71 Å². The van der Waals surface area contributed by atoms with Crippen LogP contribution < -0.4 is 0 Å². The van der Waals surface area contributed by atoms with Gasteiger partial charge in [-0.2, -0.15) is 0 Å². The van der Waals surface area contributed by atoms with Crippen molar-refractivity contribution in [1.82, 2.24) is 0 Å². The molecule has 1 atom stereocenters. The molecule has 14 heavy (non-hydrogen) atoms. The second kappa shape index (κ2) is 3.75. The molecule has 3 nitrogen and oxygen atoms in total. The van der Waals surface area contributed by atoms with E-state index in [2.05, 4.69) is 5.16 Å². The van der Waals surface area contributed by atoms with Gasteiger partial charge in [0.2, 0.25) is 0 Å². The highest BCUT2D eigenvalue weighted by molar-refractivity contribution is 5.86. The molecule has 1 heterocycles. The molecule has 0 aliphatic carbocycles. The second-order valence-corrected chi connectivity index (χ2v) is 3.17. The fourth-order valence-corrected chi connectivity index (χ4v) is 1.38. The van der Waals surface area contributed by atoms with Crippen molar-refractivity contribution in [3.05, 3.63) is 35.6 Å². The number of oxime groups is 1. The van der Waals surface area contributed by atoms with Crippen molar-refractivity contribution in [3.63, 3.8) is 0 Å². The van der Waals surface area contributed by atoms with Crippen molar-refractivity contribution in [2.75, 3.05) is 6.61 Å². The summed E-state index contributed by atoms with van der Waals surface area (Å²) in [7, 11) is 0. The minimum absolute atomic E-state index is 0.0856. The highest BCUT2D eigenvalue weighted by Gasteiger charge is 2.21. The van der Waals surface area contributed by atoms with Gasteiger partial charge < -0.3 is 9.94 Å². The summed E-state index contributed by atoms with van der Waals surface area (Å²) in [4.78, 5) is 5.09. The summed E-state index contributed by atoms with van der Waals surface area (Å²) >= 11 is 0. The molecule has 1 aromatic rings. The first-order chi connectivity index (χ1) is 6.79. The summed E-state index contributed by atoms with van der Waals surface area (Å²) in [5.41, 5.74) is 1.50. The van der Waals surface area contributed by atoms with Crippen molar-refractivity contribution in [2.45, 2.75) is 12.5 Å². The Kier molecular flexibility index (Phi) is 2.45. The zero-order valence-electron chi connectivity index (χ0n) is 7.48. The SMILES string of the molecule is OCC1=NOC(c2ccc(F)cc2)C1. The Balaban J connectivity index is 2.08. The average molecular weight is 195 g/mol. The molecule has 1 aliphatic heterocycles. The van der Waals surface area contributed by atoms with Crippen LogP contribution in [0.1, 0.15) is 18.1 Å². The van der Waals surface area contributed by atoms with Crippen LogP contribution in [0.3, 0.4) is 0 Å². The molecule has 2 rings (SSSR count). The van der Waals surface area contributed by atoms with Crippen LogP contribution in [0.2, 0.25) is 0 Å². The van der Waals surface area contributed by atoms with Crippen LogP contribution in [-0.4, -0.2) is 17.4 Å². The third kappa shape index (κ3) is 1.75. The Morgan fingerprint density at radius 1 is 1.43 bits per heavy atom. The van der Waals surface area contributed by atoms with Crippen LogP contribution in [0.4, 0.5) is 4.39 Å². The summed E-state index contributed by atoms with van der Waals surface area (Å²) in [6.45, 7) is -0.0856. The summed E-state index contributed by atoms with van der Waals surface area (Å²) in [5.74, 6) is -0.268. The first-order valence-electron chi connectivity index (χ1n) is 4.37. The fraction of sp³-hybridized carbons (Fsp3) is 0.300. The molecule has 4 heteroatoms. The monoisotopic (exact) mass is 195 g/mol. The number of rotatable bonds is 2. The van der Waals surface area contributed by atoms with Crippen molar-refractivity contribution in [1.29, 1.82) is 0 Å². The van der Waals surface area contributed by atoms with Gasteiger partial charge in [0, 0.05) is 6.42 Å². The number of aliphatic hydroxyl groups is 1. The molecule has 0 saturated carbocycles. The fourth-order valence-electron chi connectivity index (χ4n) is 1.38. The molecule has 0 fully saturated rings. The summed E-state index contributed by atoms with van der Waals surface area (Å²) in [6, 6.07) is 6.09. The van der Waals surface area contributed by atoms with Crippen LogP contribution in [0.5, 0.6) is 0 Å². The van der Waals surface area contributed by atoms with E-state index in [0.29, 0.717) is 12.1 Å². The van der Waals surface area contributed by atoms with E-state index in [4.69, 9.17) is 9.94 Å². The largest absolute Gasteiger partial charge is 0.390 e. The number of nitrogens with zero attached hydrogens (tertiary/aromatic N) is 1. The normalized spacial score (nSPS) is 20.4. The molecule has 0 saturated heterocycles. The van der Waals surface area contributed by atoms with Crippen molar-refractivity contribution in [2.24, 2.45) is 5.16 Å². The molecule has 0 amide bonds. The average Bonchev–Trinajstić information content (AvgIpc) is 2.67. The van der Waals surface area contributed by atoms with Crippen LogP contribution >= 0.6 is 0 Å².